The lowest BCUT2D eigenvalue weighted by Crippen LogP contribution is -2.04. The van der Waals surface area contributed by atoms with Gasteiger partial charge in [-0.05, 0) is 18.2 Å². The lowest BCUT2D eigenvalue weighted by atomic mass is 10.0. The second-order valence-electron chi connectivity index (χ2n) is 4.38. The van der Waals surface area contributed by atoms with Crippen molar-refractivity contribution >= 4 is 5.69 Å². The van der Waals surface area contributed by atoms with Crippen LogP contribution in [0.5, 0.6) is 17.2 Å². The summed E-state index contributed by atoms with van der Waals surface area (Å²) < 4.78 is 21.1. The Morgan fingerprint density at radius 2 is 1.87 bits per heavy atom. The minimum atomic E-state index is -0.501. The van der Waals surface area contributed by atoms with E-state index in [1.54, 1.807) is 18.2 Å². The van der Waals surface area contributed by atoms with Crippen LogP contribution in [-0.4, -0.2) is 38.0 Å². The first-order valence-electron chi connectivity index (χ1n) is 6.59. The van der Waals surface area contributed by atoms with Crippen LogP contribution in [0.1, 0.15) is 0 Å². The molecular weight excluding hydrogens is 304 g/mol. The first-order chi connectivity index (χ1) is 11.1. The van der Waals surface area contributed by atoms with E-state index in [1.807, 2.05) is 0 Å². The molecule has 2 aromatic rings. The van der Waals surface area contributed by atoms with Gasteiger partial charge in [0.15, 0.2) is 18.3 Å². The van der Waals surface area contributed by atoms with Crippen molar-refractivity contribution in [1.29, 1.82) is 0 Å². The quantitative estimate of drug-likeness (QED) is 0.440. The van der Waals surface area contributed by atoms with Crippen molar-refractivity contribution in [2.75, 3.05) is 28.1 Å². The fraction of sp³-hybridized carbons (Fsp3) is 0.267. The number of rotatable bonds is 7. The summed E-state index contributed by atoms with van der Waals surface area (Å²) in [5, 5.41) is 11.2. The van der Waals surface area contributed by atoms with E-state index in [9.17, 15) is 10.1 Å². The molecule has 0 aliphatic heterocycles. The third-order valence-electron chi connectivity index (χ3n) is 3.11. The third kappa shape index (κ3) is 3.32. The van der Waals surface area contributed by atoms with Crippen LogP contribution in [0, 0.1) is 10.1 Å². The van der Waals surface area contributed by atoms with Crippen molar-refractivity contribution in [2.45, 2.75) is 0 Å². The van der Waals surface area contributed by atoms with Crippen LogP contribution in [-0.2, 0) is 4.74 Å². The number of nitrogens with zero attached hydrogens (tertiary/aromatic N) is 2. The molecule has 1 aromatic carbocycles. The number of aromatic nitrogens is 1. The lowest BCUT2D eigenvalue weighted by molar-refractivity contribution is -0.384. The number of methoxy groups -OCH3 is 3. The molecule has 0 aliphatic rings. The Kier molecular flexibility index (Phi) is 5.32. The maximum Gasteiger partial charge on any atom is 0.295 e. The fourth-order valence-electron chi connectivity index (χ4n) is 2.13. The first-order valence-corrected chi connectivity index (χ1v) is 6.59. The second-order valence-corrected chi connectivity index (χ2v) is 4.38. The Hall–Kier alpha value is -2.87. The highest BCUT2D eigenvalue weighted by Gasteiger charge is 2.23. The van der Waals surface area contributed by atoms with E-state index in [4.69, 9.17) is 18.9 Å². The van der Waals surface area contributed by atoms with E-state index in [0.717, 1.165) is 0 Å². The van der Waals surface area contributed by atoms with Crippen LogP contribution >= 0.6 is 0 Å². The van der Waals surface area contributed by atoms with Crippen molar-refractivity contribution in [3.05, 3.63) is 40.7 Å². The molecule has 0 N–H and O–H groups in total. The fourth-order valence-corrected chi connectivity index (χ4v) is 2.13. The van der Waals surface area contributed by atoms with Gasteiger partial charge < -0.3 is 18.9 Å². The third-order valence-corrected chi connectivity index (χ3v) is 3.11. The maximum absolute atomic E-state index is 11.2. The molecule has 1 aromatic heterocycles. The molecule has 2 rings (SSSR count). The van der Waals surface area contributed by atoms with E-state index >= 15 is 0 Å². The molecular formula is C15H16N2O6. The molecule has 122 valence electrons. The minimum absolute atomic E-state index is 0.0462. The van der Waals surface area contributed by atoms with Gasteiger partial charge in [-0.25, -0.2) is 0 Å². The highest BCUT2D eigenvalue weighted by molar-refractivity contribution is 5.81. The molecule has 0 atom stereocenters. The average Bonchev–Trinajstić information content (AvgIpc) is 2.58. The summed E-state index contributed by atoms with van der Waals surface area (Å²) in [7, 11) is 4.43. The summed E-state index contributed by atoms with van der Waals surface area (Å²) in [6.07, 6.45) is 2.66. The van der Waals surface area contributed by atoms with Crippen molar-refractivity contribution in [3.63, 3.8) is 0 Å². The van der Waals surface area contributed by atoms with Crippen LogP contribution in [0.2, 0.25) is 0 Å². The zero-order valence-corrected chi connectivity index (χ0v) is 12.9. The topological polar surface area (TPSA) is 93.0 Å². The summed E-state index contributed by atoms with van der Waals surface area (Å²) in [5.41, 5.74) is 0.702. The summed E-state index contributed by atoms with van der Waals surface area (Å²) in [5.74, 6) is 1.07. The Bertz CT molecular complexity index is 704. The summed E-state index contributed by atoms with van der Waals surface area (Å²) in [4.78, 5) is 14.5. The normalized spacial score (nSPS) is 10.2. The molecule has 1 heterocycles. The summed E-state index contributed by atoms with van der Waals surface area (Å²) in [6, 6.07) is 4.85. The van der Waals surface area contributed by atoms with Gasteiger partial charge in [0.1, 0.15) is 6.20 Å². The van der Waals surface area contributed by atoms with E-state index < -0.39 is 4.92 Å². The molecule has 0 spiro atoms. The summed E-state index contributed by atoms with van der Waals surface area (Å²) >= 11 is 0. The smallest absolute Gasteiger partial charge is 0.295 e. The van der Waals surface area contributed by atoms with Crippen LogP contribution in [0.3, 0.4) is 0 Å². The van der Waals surface area contributed by atoms with Gasteiger partial charge in [-0.3, -0.25) is 15.1 Å². The number of nitro groups is 1. The lowest BCUT2D eigenvalue weighted by Gasteiger charge is -2.17. The molecule has 0 bridgehead atoms. The van der Waals surface area contributed by atoms with E-state index in [0.29, 0.717) is 28.4 Å². The molecule has 0 saturated heterocycles. The zero-order valence-electron chi connectivity index (χ0n) is 12.9. The highest BCUT2D eigenvalue weighted by atomic mass is 16.7. The van der Waals surface area contributed by atoms with Gasteiger partial charge in [-0.15, -0.1) is 0 Å². The van der Waals surface area contributed by atoms with Crippen LogP contribution < -0.4 is 14.2 Å². The van der Waals surface area contributed by atoms with Gasteiger partial charge in [-0.2, -0.15) is 0 Å². The van der Waals surface area contributed by atoms with Crippen LogP contribution in [0.25, 0.3) is 11.1 Å². The van der Waals surface area contributed by atoms with Gasteiger partial charge in [0.05, 0.1) is 24.7 Å². The number of pyridine rings is 1. The minimum Gasteiger partial charge on any atom is -0.493 e. The molecule has 8 heteroatoms. The van der Waals surface area contributed by atoms with Crippen LogP contribution in [0.15, 0.2) is 30.6 Å². The molecule has 0 aliphatic carbocycles. The van der Waals surface area contributed by atoms with Gasteiger partial charge in [0.2, 0.25) is 5.75 Å². The van der Waals surface area contributed by atoms with Gasteiger partial charge in [0, 0.05) is 18.9 Å². The SMILES string of the molecule is COCOc1c(-c2ccncc2[N+](=O)[O-])ccc(OC)c1OC. The first kappa shape index (κ1) is 16.5. The Morgan fingerprint density at radius 1 is 1.09 bits per heavy atom. The maximum atomic E-state index is 11.2. The second kappa shape index (κ2) is 7.41. The molecule has 0 unspecified atom stereocenters. The van der Waals surface area contributed by atoms with E-state index in [1.165, 1.54) is 33.7 Å². The summed E-state index contributed by atoms with van der Waals surface area (Å²) in [6.45, 7) is -0.0462. The van der Waals surface area contributed by atoms with Gasteiger partial charge in [-0.1, -0.05) is 0 Å². The van der Waals surface area contributed by atoms with E-state index in [-0.39, 0.29) is 12.5 Å². The average molecular weight is 320 g/mol. The standard InChI is InChI=1S/C15H16N2O6/c1-20-9-23-14-11(4-5-13(21-2)15(14)22-3)10-6-7-16-8-12(10)17(18)19/h4-8H,9H2,1-3H3. The monoisotopic (exact) mass is 320 g/mol. The highest BCUT2D eigenvalue weighted by Crippen LogP contribution is 2.46. The Morgan fingerprint density at radius 3 is 2.48 bits per heavy atom. The molecule has 8 nitrogen and oxygen atoms in total. The Balaban J connectivity index is 2.69. The number of ether oxygens (including phenoxy) is 4. The molecule has 0 amide bonds. The van der Waals surface area contributed by atoms with Gasteiger partial charge in [0.25, 0.3) is 5.69 Å². The molecule has 0 saturated carbocycles. The Labute approximate surface area is 132 Å². The molecule has 0 fully saturated rings. The number of hydrogen-bond donors (Lipinski definition) is 0. The molecule has 0 radical (unpaired) electrons. The van der Waals surface area contributed by atoms with Crippen LogP contribution in [0.4, 0.5) is 5.69 Å². The number of benzene rings is 1. The predicted molar refractivity (Wildman–Crippen MR) is 81.9 cm³/mol. The van der Waals surface area contributed by atoms with E-state index in [2.05, 4.69) is 4.98 Å². The largest absolute Gasteiger partial charge is 0.493 e. The van der Waals surface area contributed by atoms with Crippen molar-refractivity contribution < 1.29 is 23.9 Å². The zero-order chi connectivity index (χ0) is 16.8. The van der Waals surface area contributed by atoms with Gasteiger partial charge >= 0.3 is 0 Å². The van der Waals surface area contributed by atoms with Crippen molar-refractivity contribution in [2.24, 2.45) is 0 Å². The number of hydrogen-bond acceptors (Lipinski definition) is 7. The molecule has 23 heavy (non-hydrogen) atoms. The predicted octanol–water partition coefficient (Wildman–Crippen LogP) is 2.66. The van der Waals surface area contributed by atoms with Crippen molar-refractivity contribution in [3.8, 4) is 28.4 Å². The van der Waals surface area contributed by atoms with Crippen molar-refractivity contribution in [1.82, 2.24) is 4.98 Å².